The van der Waals surface area contributed by atoms with Crippen LogP contribution >= 0.6 is 11.6 Å². The molecule has 3 aromatic heterocycles. The third-order valence-electron chi connectivity index (χ3n) is 7.77. The van der Waals surface area contributed by atoms with Crippen LogP contribution in [0.1, 0.15) is 16.7 Å². The van der Waals surface area contributed by atoms with E-state index >= 15 is 0 Å². The van der Waals surface area contributed by atoms with Crippen LogP contribution < -0.4 is 19.7 Å². The molecule has 0 unspecified atom stereocenters. The predicted octanol–water partition coefficient (Wildman–Crippen LogP) is 5.15. The third-order valence-corrected chi connectivity index (χ3v) is 8.13. The van der Waals surface area contributed by atoms with Gasteiger partial charge in [0.2, 0.25) is 11.8 Å². The zero-order chi connectivity index (χ0) is 28.8. The van der Waals surface area contributed by atoms with Crippen molar-refractivity contribution in [2.75, 3.05) is 44.7 Å². The molecule has 2 aromatic carbocycles. The van der Waals surface area contributed by atoms with Gasteiger partial charge in [0.05, 0.1) is 22.8 Å². The maximum atomic E-state index is 14.7. The number of rotatable bonds is 5. The number of benzene rings is 2. The van der Waals surface area contributed by atoms with Crippen molar-refractivity contribution in [3.05, 3.63) is 70.3 Å². The SMILES string of the molecule is CN1CCc2cccc(Oc3nc4c(Oc5c(Cl)c(F)cc6[nH]ncc56)nccc4c(N4CCNCC4)c3C#N)c2C1. The van der Waals surface area contributed by atoms with Gasteiger partial charge in [0, 0.05) is 62.5 Å². The van der Waals surface area contributed by atoms with E-state index in [4.69, 9.17) is 26.1 Å². The molecule has 0 bridgehead atoms. The van der Waals surface area contributed by atoms with Crippen LogP contribution in [-0.2, 0) is 13.0 Å². The van der Waals surface area contributed by atoms with E-state index < -0.39 is 5.82 Å². The van der Waals surface area contributed by atoms with E-state index in [0.717, 1.165) is 38.2 Å². The molecule has 0 saturated carbocycles. The number of H-pyrrole nitrogens is 1. The van der Waals surface area contributed by atoms with Crippen LogP contribution in [0.15, 0.2) is 42.7 Å². The molecule has 5 aromatic rings. The van der Waals surface area contributed by atoms with Gasteiger partial charge in [-0.3, -0.25) is 5.10 Å². The lowest BCUT2D eigenvalue weighted by atomic mass is 9.99. The Morgan fingerprint density at radius 3 is 2.79 bits per heavy atom. The number of fused-ring (bicyclic) bond motifs is 3. The number of anilines is 1. The molecule has 7 rings (SSSR count). The van der Waals surface area contributed by atoms with Gasteiger partial charge in [-0.1, -0.05) is 23.7 Å². The van der Waals surface area contributed by atoms with E-state index in [1.165, 1.54) is 17.8 Å². The molecule has 0 radical (unpaired) electrons. The summed E-state index contributed by atoms with van der Waals surface area (Å²) in [5.41, 5.74) is 4.08. The highest BCUT2D eigenvalue weighted by atomic mass is 35.5. The first-order valence-corrected chi connectivity index (χ1v) is 14.0. The Kier molecular flexibility index (Phi) is 6.74. The van der Waals surface area contributed by atoms with Crippen LogP contribution in [0.25, 0.3) is 21.8 Å². The Morgan fingerprint density at radius 2 is 1.95 bits per heavy atom. The minimum atomic E-state index is -0.660. The summed E-state index contributed by atoms with van der Waals surface area (Å²) in [6, 6.07) is 11.4. The lowest BCUT2D eigenvalue weighted by Gasteiger charge is -2.31. The molecule has 2 aliphatic rings. The maximum absolute atomic E-state index is 14.7. The molecule has 2 aliphatic heterocycles. The summed E-state index contributed by atoms with van der Waals surface area (Å²) in [6.45, 7) is 4.57. The molecule has 5 heterocycles. The van der Waals surface area contributed by atoms with Gasteiger partial charge >= 0.3 is 0 Å². The van der Waals surface area contributed by atoms with E-state index in [1.54, 1.807) is 12.3 Å². The van der Waals surface area contributed by atoms with Crippen molar-refractivity contribution < 1.29 is 13.9 Å². The Hall–Kier alpha value is -4.50. The molecular weight excluding hydrogens is 559 g/mol. The standard InChI is InChI=1S/C30H26ClFN8O2/c1-39-10-6-17-3-2-4-24(21(17)16-39)41-29-19(14-33)27(40-11-8-34-9-12-40)18-5-7-35-30(26(18)37-29)42-28-20-15-36-38-23(20)13-22(32)25(28)31/h2-5,7,13,15,34H,6,8-12,16H2,1H3,(H,36,38). The highest BCUT2D eigenvalue weighted by Gasteiger charge is 2.27. The van der Waals surface area contributed by atoms with E-state index in [2.05, 4.69) is 49.5 Å². The number of pyridine rings is 2. The molecule has 10 nitrogen and oxygen atoms in total. The summed E-state index contributed by atoms with van der Waals surface area (Å²) in [7, 11) is 2.07. The molecule has 0 spiro atoms. The Labute approximate surface area is 245 Å². The molecule has 0 atom stereocenters. The molecule has 2 N–H and O–H groups in total. The minimum absolute atomic E-state index is 0.0675. The van der Waals surface area contributed by atoms with E-state index in [9.17, 15) is 9.65 Å². The number of piperazine rings is 1. The number of nitrogens with zero attached hydrogens (tertiary/aromatic N) is 6. The average molecular weight is 585 g/mol. The molecule has 1 saturated heterocycles. The fraction of sp³-hybridized carbons (Fsp3) is 0.267. The first-order valence-electron chi connectivity index (χ1n) is 13.7. The largest absolute Gasteiger partial charge is 0.437 e. The van der Waals surface area contributed by atoms with Crippen molar-refractivity contribution in [3.63, 3.8) is 0 Å². The minimum Gasteiger partial charge on any atom is -0.437 e. The average Bonchev–Trinajstić information content (AvgIpc) is 3.47. The third kappa shape index (κ3) is 4.54. The summed E-state index contributed by atoms with van der Waals surface area (Å²) in [5, 5.41) is 21.6. The quantitative estimate of drug-likeness (QED) is 0.289. The molecule has 0 amide bonds. The fourth-order valence-corrected chi connectivity index (χ4v) is 5.87. The lowest BCUT2D eigenvalue weighted by Crippen LogP contribution is -2.44. The van der Waals surface area contributed by atoms with E-state index in [0.29, 0.717) is 51.9 Å². The van der Waals surface area contributed by atoms with E-state index in [1.807, 2.05) is 12.1 Å². The summed E-state index contributed by atoms with van der Waals surface area (Å²) >= 11 is 6.37. The number of aromatic nitrogens is 4. The monoisotopic (exact) mass is 584 g/mol. The molecule has 212 valence electrons. The van der Waals surface area contributed by atoms with Crippen molar-refractivity contribution in [2.24, 2.45) is 0 Å². The maximum Gasteiger partial charge on any atom is 0.246 e. The highest BCUT2D eigenvalue weighted by molar-refractivity contribution is 6.33. The van der Waals surface area contributed by atoms with Crippen molar-refractivity contribution in [3.8, 4) is 29.3 Å². The second kappa shape index (κ2) is 10.7. The van der Waals surface area contributed by atoms with Gasteiger partial charge in [0.1, 0.15) is 33.7 Å². The fourth-order valence-electron chi connectivity index (χ4n) is 5.68. The zero-order valence-electron chi connectivity index (χ0n) is 22.7. The van der Waals surface area contributed by atoms with Crippen molar-refractivity contribution >= 4 is 39.1 Å². The zero-order valence-corrected chi connectivity index (χ0v) is 23.5. The summed E-state index contributed by atoms with van der Waals surface area (Å²) in [5.74, 6) is 0.304. The number of halogens is 2. The number of nitrogens with one attached hydrogen (secondary N) is 2. The van der Waals surface area contributed by atoms with Gasteiger partial charge in [-0.05, 0) is 31.2 Å². The van der Waals surface area contributed by atoms with Crippen LogP contribution in [0.2, 0.25) is 5.02 Å². The number of nitriles is 1. The molecular formula is C30H26ClFN8O2. The van der Waals surface area contributed by atoms with Gasteiger partial charge in [0.25, 0.3) is 0 Å². The molecule has 12 heteroatoms. The molecule has 1 fully saturated rings. The van der Waals surface area contributed by atoms with Crippen LogP contribution in [0.4, 0.5) is 10.1 Å². The van der Waals surface area contributed by atoms with Crippen molar-refractivity contribution in [2.45, 2.75) is 13.0 Å². The van der Waals surface area contributed by atoms with Gasteiger partial charge < -0.3 is 24.6 Å². The van der Waals surface area contributed by atoms with Crippen LogP contribution in [-0.4, -0.2) is 64.8 Å². The second-order valence-electron chi connectivity index (χ2n) is 10.4. The molecule has 0 aliphatic carbocycles. The summed E-state index contributed by atoms with van der Waals surface area (Å²) in [4.78, 5) is 13.7. The number of ether oxygens (including phenoxy) is 2. The number of hydrogen-bond acceptors (Lipinski definition) is 9. The first-order chi connectivity index (χ1) is 20.5. The van der Waals surface area contributed by atoms with Gasteiger partial charge in [-0.2, -0.15) is 10.4 Å². The van der Waals surface area contributed by atoms with Gasteiger partial charge in [0.15, 0.2) is 5.75 Å². The Morgan fingerprint density at radius 1 is 1.10 bits per heavy atom. The predicted molar refractivity (Wildman–Crippen MR) is 157 cm³/mol. The lowest BCUT2D eigenvalue weighted by molar-refractivity contribution is 0.305. The van der Waals surface area contributed by atoms with Gasteiger partial charge in [-0.15, -0.1) is 0 Å². The first kappa shape index (κ1) is 26.4. The Bertz CT molecular complexity index is 1880. The number of aromatic amines is 1. The van der Waals surface area contributed by atoms with Crippen LogP contribution in [0, 0.1) is 17.1 Å². The smallest absolute Gasteiger partial charge is 0.246 e. The Balaban J connectivity index is 1.43. The van der Waals surface area contributed by atoms with E-state index in [-0.39, 0.29) is 22.5 Å². The summed E-state index contributed by atoms with van der Waals surface area (Å²) in [6.07, 6.45) is 4.00. The number of likely N-dealkylation sites (N-methyl/N-ethyl adjacent to an activating group) is 1. The van der Waals surface area contributed by atoms with Gasteiger partial charge in [-0.25, -0.2) is 14.4 Å². The summed E-state index contributed by atoms with van der Waals surface area (Å²) < 4.78 is 27.4. The van der Waals surface area contributed by atoms with Crippen molar-refractivity contribution in [1.82, 2.24) is 30.4 Å². The molecule has 42 heavy (non-hydrogen) atoms. The van der Waals surface area contributed by atoms with Crippen molar-refractivity contribution in [1.29, 1.82) is 5.26 Å². The topological polar surface area (TPSA) is 115 Å². The normalized spacial score (nSPS) is 15.5. The van der Waals surface area contributed by atoms with Crippen LogP contribution in [0.3, 0.4) is 0 Å². The second-order valence-corrected chi connectivity index (χ2v) is 10.8. The van der Waals surface area contributed by atoms with Crippen LogP contribution in [0.5, 0.6) is 23.3 Å². The highest BCUT2D eigenvalue weighted by Crippen LogP contribution is 2.43. The number of hydrogen-bond donors (Lipinski definition) is 2.